The van der Waals surface area contributed by atoms with Crippen LogP contribution in [-0.2, 0) is 19.8 Å². The lowest BCUT2D eigenvalue weighted by Gasteiger charge is -2.14. The van der Waals surface area contributed by atoms with Gasteiger partial charge in [-0.3, -0.25) is 19.6 Å². The topological polar surface area (TPSA) is 108 Å². The van der Waals surface area contributed by atoms with Gasteiger partial charge in [-0.2, -0.15) is 10.2 Å². The molecule has 1 amide bonds. The Hall–Kier alpha value is -3.40. The highest BCUT2D eigenvalue weighted by Gasteiger charge is 2.19. The number of carbonyl (C=O) groups excluding carboxylic acids is 1. The van der Waals surface area contributed by atoms with Crippen LogP contribution in [0.25, 0.3) is 0 Å². The molecule has 0 N–H and O–H groups in total. The Morgan fingerprint density at radius 1 is 1.28 bits per heavy atom. The number of rotatable bonds is 8. The van der Waals surface area contributed by atoms with Crippen LogP contribution in [-0.4, -0.2) is 42.3 Å². The molecule has 3 rings (SSSR count). The second kappa shape index (κ2) is 8.74. The molecule has 0 aliphatic rings. The molecule has 0 saturated carbocycles. The maximum atomic E-state index is 12.6. The maximum absolute atomic E-state index is 12.6. The third-order valence-electron chi connectivity index (χ3n) is 4.12. The van der Waals surface area contributed by atoms with Crippen LogP contribution < -0.4 is 4.74 Å². The zero-order valence-electron chi connectivity index (χ0n) is 15.9. The molecule has 0 atom stereocenters. The van der Waals surface area contributed by atoms with Gasteiger partial charge in [0.05, 0.1) is 16.5 Å². The van der Waals surface area contributed by atoms with Gasteiger partial charge >= 0.3 is 5.69 Å². The van der Waals surface area contributed by atoms with E-state index in [9.17, 15) is 14.9 Å². The van der Waals surface area contributed by atoms with Gasteiger partial charge < -0.3 is 9.64 Å². The highest BCUT2D eigenvalue weighted by Crippen LogP contribution is 2.26. The molecular weight excluding hydrogens is 400 g/mol. The standard InChI is InChI=1S/C18H19ClN6O4/c1-3-23-10-13(19)15(21-23)11-22(2)18(26)14-8-9-24(20-14)12-29-17-7-5-4-6-16(17)25(27)28/h4-10H,3,11-12H2,1-2H3. The third kappa shape index (κ3) is 4.72. The number of para-hydroxylation sites is 2. The quantitative estimate of drug-likeness (QED) is 0.411. The number of amides is 1. The zero-order chi connectivity index (χ0) is 21.0. The van der Waals surface area contributed by atoms with E-state index in [1.165, 1.54) is 21.7 Å². The molecule has 0 radical (unpaired) electrons. The summed E-state index contributed by atoms with van der Waals surface area (Å²) in [5.74, 6) is -0.185. The predicted octanol–water partition coefficient (Wildman–Crippen LogP) is 2.97. The minimum Gasteiger partial charge on any atom is -0.464 e. The minimum atomic E-state index is -0.521. The summed E-state index contributed by atoms with van der Waals surface area (Å²) in [4.78, 5) is 24.6. The Morgan fingerprint density at radius 2 is 2.03 bits per heavy atom. The van der Waals surface area contributed by atoms with Crippen molar-refractivity contribution in [2.24, 2.45) is 0 Å². The third-order valence-corrected chi connectivity index (χ3v) is 4.43. The van der Waals surface area contributed by atoms with Gasteiger partial charge in [0.2, 0.25) is 0 Å². The number of carbonyl (C=O) groups is 1. The number of nitro groups is 1. The number of ether oxygens (including phenoxy) is 1. The monoisotopic (exact) mass is 418 g/mol. The van der Waals surface area contributed by atoms with Gasteiger partial charge in [-0.15, -0.1) is 0 Å². The second-order valence-corrected chi connectivity index (χ2v) is 6.59. The number of benzene rings is 1. The maximum Gasteiger partial charge on any atom is 0.311 e. The van der Waals surface area contributed by atoms with Crippen molar-refractivity contribution in [1.29, 1.82) is 0 Å². The van der Waals surface area contributed by atoms with Crippen LogP contribution in [0, 0.1) is 10.1 Å². The van der Waals surface area contributed by atoms with Crippen LogP contribution in [0.3, 0.4) is 0 Å². The van der Waals surface area contributed by atoms with E-state index < -0.39 is 4.92 Å². The first-order chi connectivity index (χ1) is 13.9. The summed E-state index contributed by atoms with van der Waals surface area (Å²) in [7, 11) is 1.63. The Morgan fingerprint density at radius 3 is 2.72 bits per heavy atom. The molecule has 152 valence electrons. The summed E-state index contributed by atoms with van der Waals surface area (Å²) in [6, 6.07) is 7.60. The lowest BCUT2D eigenvalue weighted by Crippen LogP contribution is -2.27. The highest BCUT2D eigenvalue weighted by atomic mass is 35.5. The second-order valence-electron chi connectivity index (χ2n) is 6.18. The number of halogens is 1. The number of aromatic nitrogens is 4. The van der Waals surface area contributed by atoms with E-state index in [-0.39, 0.29) is 36.3 Å². The minimum absolute atomic E-state index is 0.0748. The molecule has 0 unspecified atom stereocenters. The van der Waals surface area contributed by atoms with Crippen molar-refractivity contribution in [1.82, 2.24) is 24.5 Å². The van der Waals surface area contributed by atoms with E-state index in [4.69, 9.17) is 16.3 Å². The summed E-state index contributed by atoms with van der Waals surface area (Å²) in [5, 5.41) is 20.0. The van der Waals surface area contributed by atoms with Crippen LogP contribution in [0.2, 0.25) is 5.02 Å². The summed E-state index contributed by atoms with van der Waals surface area (Å²) < 4.78 is 8.55. The fourth-order valence-electron chi connectivity index (χ4n) is 2.61. The molecule has 0 bridgehead atoms. The lowest BCUT2D eigenvalue weighted by atomic mass is 10.3. The smallest absolute Gasteiger partial charge is 0.311 e. The molecule has 2 aromatic heterocycles. The van der Waals surface area contributed by atoms with E-state index in [2.05, 4.69) is 10.2 Å². The Bertz CT molecular complexity index is 1030. The normalized spacial score (nSPS) is 10.7. The Labute approximate surface area is 171 Å². The van der Waals surface area contributed by atoms with Crippen molar-refractivity contribution in [3.05, 3.63) is 69.3 Å². The molecule has 0 saturated heterocycles. The Kier molecular flexibility index (Phi) is 6.13. The molecule has 3 aromatic rings. The first kappa shape index (κ1) is 20.3. The van der Waals surface area contributed by atoms with Crippen molar-refractivity contribution in [3.63, 3.8) is 0 Å². The summed E-state index contributed by atoms with van der Waals surface area (Å²) in [5.41, 5.74) is 0.673. The average Bonchev–Trinajstić information content (AvgIpc) is 3.32. The first-order valence-electron chi connectivity index (χ1n) is 8.76. The van der Waals surface area contributed by atoms with Gasteiger partial charge in [-0.1, -0.05) is 23.7 Å². The van der Waals surface area contributed by atoms with Gasteiger partial charge in [0.1, 0.15) is 5.69 Å². The summed E-state index contributed by atoms with van der Waals surface area (Å²) in [6.45, 7) is 2.79. The number of hydrogen-bond acceptors (Lipinski definition) is 6. The summed E-state index contributed by atoms with van der Waals surface area (Å²) in [6.07, 6.45) is 3.28. The van der Waals surface area contributed by atoms with Crippen molar-refractivity contribution >= 4 is 23.2 Å². The zero-order valence-corrected chi connectivity index (χ0v) is 16.6. The molecule has 0 aliphatic heterocycles. The molecule has 0 fully saturated rings. The van der Waals surface area contributed by atoms with Gasteiger partial charge in [0.15, 0.2) is 18.2 Å². The lowest BCUT2D eigenvalue weighted by molar-refractivity contribution is -0.386. The van der Waals surface area contributed by atoms with E-state index in [1.54, 1.807) is 42.3 Å². The summed E-state index contributed by atoms with van der Waals surface area (Å²) >= 11 is 6.15. The van der Waals surface area contributed by atoms with Gasteiger partial charge in [0, 0.05) is 32.1 Å². The fourth-order valence-corrected chi connectivity index (χ4v) is 2.82. The average molecular weight is 419 g/mol. The molecule has 0 spiro atoms. The largest absolute Gasteiger partial charge is 0.464 e. The number of nitrogens with zero attached hydrogens (tertiary/aromatic N) is 6. The first-order valence-corrected chi connectivity index (χ1v) is 9.13. The number of hydrogen-bond donors (Lipinski definition) is 0. The van der Waals surface area contributed by atoms with Crippen LogP contribution >= 0.6 is 11.6 Å². The molecule has 0 aliphatic carbocycles. The number of nitro benzene ring substituents is 1. The molecule has 1 aromatic carbocycles. The highest BCUT2D eigenvalue weighted by molar-refractivity contribution is 6.31. The SMILES string of the molecule is CCn1cc(Cl)c(CN(C)C(=O)c2ccn(COc3ccccc3[N+](=O)[O-])n2)n1. The van der Waals surface area contributed by atoms with Gasteiger partial charge in [-0.05, 0) is 19.1 Å². The van der Waals surface area contributed by atoms with Crippen molar-refractivity contribution < 1.29 is 14.5 Å². The Balaban J connectivity index is 1.64. The predicted molar refractivity (Wildman–Crippen MR) is 105 cm³/mol. The van der Waals surface area contributed by atoms with E-state index in [1.807, 2.05) is 6.92 Å². The molecule has 29 heavy (non-hydrogen) atoms. The molecule has 11 heteroatoms. The van der Waals surface area contributed by atoms with Crippen molar-refractivity contribution in [2.75, 3.05) is 7.05 Å². The van der Waals surface area contributed by atoms with Crippen LogP contribution in [0.1, 0.15) is 23.1 Å². The molecule has 2 heterocycles. The van der Waals surface area contributed by atoms with Gasteiger partial charge in [0.25, 0.3) is 5.91 Å². The van der Waals surface area contributed by atoms with Crippen LogP contribution in [0.5, 0.6) is 5.75 Å². The fraction of sp³-hybridized carbons (Fsp3) is 0.278. The van der Waals surface area contributed by atoms with Crippen LogP contribution in [0.4, 0.5) is 5.69 Å². The number of aryl methyl sites for hydroxylation is 1. The molecular formula is C18H19ClN6O4. The van der Waals surface area contributed by atoms with E-state index in [0.717, 1.165) is 0 Å². The van der Waals surface area contributed by atoms with E-state index >= 15 is 0 Å². The van der Waals surface area contributed by atoms with Crippen molar-refractivity contribution in [2.45, 2.75) is 26.7 Å². The van der Waals surface area contributed by atoms with Gasteiger partial charge in [-0.25, -0.2) is 4.68 Å². The van der Waals surface area contributed by atoms with E-state index in [0.29, 0.717) is 17.3 Å². The molecule has 10 nitrogen and oxygen atoms in total. The van der Waals surface area contributed by atoms with Crippen molar-refractivity contribution in [3.8, 4) is 5.75 Å². The van der Waals surface area contributed by atoms with Crippen LogP contribution in [0.15, 0.2) is 42.7 Å².